The van der Waals surface area contributed by atoms with E-state index >= 15 is 0 Å². The molecule has 0 amide bonds. The summed E-state index contributed by atoms with van der Waals surface area (Å²) in [6, 6.07) is 3.88. The second kappa shape index (κ2) is 6.40. The van der Waals surface area contributed by atoms with Gasteiger partial charge in [-0.2, -0.15) is 0 Å². The van der Waals surface area contributed by atoms with Gasteiger partial charge in [-0.25, -0.2) is 0 Å². The smallest absolute Gasteiger partial charge is 0.203 e. The molecular weight excluding hydrogens is 280 g/mol. The zero-order valence-corrected chi connectivity index (χ0v) is 13.9. The van der Waals surface area contributed by atoms with Gasteiger partial charge >= 0.3 is 0 Å². The Morgan fingerprint density at radius 3 is 2.27 bits per heavy atom. The van der Waals surface area contributed by atoms with E-state index in [-0.39, 0.29) is 5.41 Å². The van der Waals surface area contributed by atoms with Crippen molar-refractivity contribution in [3.05, 3.63) is 24.0 Å². The van der Waals surface area contributed by atoms with Crippen LogP contribution < -0.4 is 19.9 Å². The Labute approximate surface area is 131 Å². The first kappa shape index (κ1) is 16.4. The standard InChI is InChI=1S/C17H24N2O3/c1-17(2,10-18)9-13-12-8-14(20-3)16(22-5)15(21-4)11(12)6-7-19-13/h6-8H,9-10,18H2,1-5H3. The Hall–Kier alpha value is -2.01. The van der Waals surface area contributed by atoms with Crippen LogP contribution in [0.1, 0.15) is 19.5 Å². The summed E-state index contributed by atoms with van der Waals surface area (Å²) < 4.78 is 16.4. The molecule has 2 rings (SSSR count). The Bertz CT molecular complexity index is 668. The van der Waals surface area contributed by atoms with E-state index in [1.165, 1.54) is 0 Å². The summed E-state index contributed by atoms with van der Waals surface area (Å²) in [6.07, 6.45) is 2.57. The molecule has 120 valence electrons. The highest BCUT2D eigenvalue weighted by Gasteiger charge is 2.22. The number of methoxy groups -OCH3 is 3. The van der Waals surface area contributed by atoms with Gasteiger partial charge in [0.25, 0.3) is 0 Å². The summed E-state index contributed by atoms with van der Waals surface area (Å²) in [5, 5.41) is 1.96. The van der Waals surface area contributed by atoms with Gasteiger partial charge in [-0.05, 0) is 30.5 Å². The van der Waals surface area contributed by atoms with E-state index in [4.69, 9.17) is 19.9 Å². The first-order valence-corrected chi connectivity index (χ1v) is 7.24. The van der Waals surface area contributed by atoms with Crippen molar-refractivity contribution in [3.63, 3.8) is 0 Å². The van der Waals surface area contributed by atoms with Crippen molar-refractivity contribution in [2.75, 3.05) is 27.9 Å². The SMILES string of the molecule is COc1cc2c(CC(C)(C)CN)nccc2c(OC)c1OC. The van der Waals surface area contributed by atoms with Crippen LogP contribution in [0.5, 0.6) is 17.2 Å². The fourth-order valence-corrected chi connectivity index (χ4v) is 2.52. The minimum absolute atomic E-state index is 0.0261. The van der Waals surface area contributed by atoms with Crippen molar-refractivity contribution in [2.45, 2.75) is 20.3 Å². The number of aromatic nitrogens is 1. The number of benzene rings is 1. The Kier molecular flexibility index (Phi) is 4.76. The van der Waals surface area contributed by atoms with Crippen LogP contribution in [-0.2, 0) is 6.42 Å². The summed E-state index contributed by atoms with van der Waals surface area (Å²) >= 11 is 0. The molecule has 0 fully saturated rings. The molecule has 2 N–H and O–H groups in total. The third-order valence-corrected chi connectivity index (χ3v) is 3.85. The molecular formula is C17H24N2O3. The lowest BCUT2D eigenvalue weighted by molar-refractivity contribution is 0.327. The Morgan fingerprint density at radius 1 is 1.05 bits per heavy atom. The second-order valence-electron chi connectivity index (χ2n) is 6.04. The third kappa shape index (κ3) is 2.95. The lowest BCUT2D eigenvalue weighted by Gasteiger charge is -2.23. The van der Waals surface area contributed by atoms with E-state index in [9.17, 15) is 0 Å². The fraction of sp³-hybridized carbons (Fsp3) is 0.471. The molecule has 1 aromatic heterocycles. The molecule has 0 saturated heterocycles. The van der Waals surface area contributed by atoms with E-state index in [1.807, 2.05) is 12.1 Å². The van der Waals surface area contributed by atoms with Gasteiger partial charge in [-0.3, -0.25) is 4.98 Å². The second-order valence-corrected chi connectivity index (χ2v) is 6.04. The number of rotatable bonds is 6. The quantitative estimate of drug-likeness (QED) is 0.889. The zero-order chi connectivity index (χ0) is 16.3. The molecule has 0 bridgehead atoms. The molecule has 0 aliphatic heterocycles. The van der Waals surface area contributed by atoms with Gasteiger partial charge in [0.15, 0.2) is 11.5 Å². The number of pyridine rings is 1. The van der Waals surface area contributed by atoms with Gasteiger partial charge in [0.05, 0.1) is 21.3 Å². The average molecular weight is 304 g/mol. The van der Waals surface area contributed by atoms with Crippen molar-refractivity contribution >= 4 is 10.8 Å². The topological polar surface area (TPSA) is 66.6 Å². The van der Waals surface area contributed by atoms with E-state index in [0.717, 1.165) is 22.9 Å². The monoisotopic (exact) mass is 304 g/mol. The lowest BCUT2D eigenvalue weighted by atomic mass is 9.86. The maximum atomic E-state index is 5.86. The van der Waals surface area contributed by atoms with Crippen molar-refractivity contribution in [3.8, 4) is 17.2 Å². The van der Waals surface area contributed by atoms with E-state index in [1.54, 1.807) is 27.5 Å². The molecule has 5 heteroatoms. The Morgan fingerprint density at radius 2 is 1.73 bits per heavy atom. The van der Waals surface area contributed by atoms with Crippen LogP contribution in [0.3, 0.4) is 0 Å². The van der Waals surface area contributed by atoms with Gasteiger partial charge in [-0.1, -0.05) is 13.8 Å². The molecule has 1 aromatic carbocycles. The number of nitrogens with zero attached hydrogens (tertiary/aromatic N) is 1. The van der Waals surface area contributed by atoms with Crippen molar-refractivity contribution in [2.24, 2.45) is 11.1 Å². The summed E-state index contributed by atoms with van der Waals surface area (Å²) in [6.45, 7) is 4.85. The molecule has 22 heavy (non-hydrogen) atoms. The number of hydrogen-bond donors (Lipinski definition) is 1. The molecule has 0 spiro atoms. The predicted molar refractivity (Wildman–Crippen MR) is 87.9 cm³/mol. The molecule has 0 aliphatic carbocycles. The van der Waals surface area contributed by atoms with Crippen LogP contribution in [0.4, 0.5) is 0 Å². The zero-order valence-electron chi connectivity index (χ0n) is 13.9. The number of hydrogen-bond acceptors (Lipinski definition) is 5. The maximum absolute atomic E-state index is 5.86. The molecule has 2 aromatic rings. The van der Waals surface area contributed by atoms with Crippen LogP contribution in [0.2, 0.25) is 0 Å². The highest BCUT2D eigenvalue weighted by Crippen LogP contribution is 2.44. The molecule has 0 radical (unpaired) electrons. The van der Waals surface area contributed by atoms with Crippen LogP contribution in [-0.4, -0.2) is 32.9 Å². The molecule has 5 nitrogen and oxygen atoms in total. The normalized spacial score (nSPS) is 11.5. The average Bonchev–Trinajstić information content (AvgIpc) is 2.52. The number of fused-ring (bicyclic) bond motifs is 1. The van der Waals surface area contributed by atoms with E-state index < -0.39 is 0 Å². The van der Waals surface area contributed by atoms with Crippen molar-refractivity contribution in [1.29, 1.82) is 0 Å². The molecule has 0 aliphatic rings. The first-order valence-electron chi connectivity index (χ1n) is 7.24. The minimum atomic E-state index is -0.0261. The lowest BCUT2D eigenvalue weighted by Crippen LogP contribution is -2.26. The van der Waals surface area contributed by atoms with Gasteiger partial charge in [0.2, 0.25) is 5.75 Å². The van der Waals surface area contributed by atoms with Gasteiger partial charge in [0, 0.05) is 22.7 Å². The first-order chi connectivity index (χ1) is 10.5. The summed E-state index contributed by atoms with van der Waals surface area (Å²) in [5.74, 6) is 1.88. The molecule has 0 unspecified atom stereocenters. The van der Waals surface area contributed by atoms with E-state index in [0.29, 0.717) is 23.8 Å². The van der Waals surface area contributed by atoms with Crippen molar-refractivity contribution in [1.82, 2.24) is 4.98 Å². The summed E-state index contributed by atoms with van der Waals surface area (Å²) in [4.78, 5) is 4.54. The van der Waals surface area contributed by atoms with Gasteiger partial charge in [-0.15, -0.1) is 0 Å². The number of nitrogens with two attached hydrogens (primary N) is 1. The summed E-state index contributed by atoms with van der Waals surface area (Å²) in [7, 11) is 4.84. The summed E-state index contributed by atoms with van der Waals surface area (Å²) in [5.41, 5.74) is 6.81. The van der Waals surface area contributed by atoms with Gasteiger partial charge < -0.3 is 19.9 Å². The molecule has 0 saturated carbocycles. The highest BCUT2D eigenvalue weighted by molar-refractivity contribution is 5.94. The van der Waals surface area contributed by atoms with Crippen LogP contribution in [0.15, 0.2) is 18.3 Å². The molecule has 0 atom stereocenters. The maximum Gasteiger partial charge on any atom is 0.203 e. The fourth-order valence-electron chi connectivity index (χ4n) is 2.52. The van der Waals surface area contributed by atoms with Crippen LogP contribution >= 0.6 is 0 Å². The van der Waals surface area contributed by atoms with Crippen LogP contribution in [0, 0.1) is 5.41 Å². The molecule has 1 heterocycles. The largest absolute Gasteiger partial charge is 0.493 e. The highest BCUT2D eigenvalue weighted by atomic mass is 16.5. The third-order valence-electron chi connectivity index (χ3n) is 3.85. The number of ether oxygens (including phenoxy) is 3. The van der Waals surface area contributed by atoms with Crippen LogP contribution in [0.25, 0.3) is 10.8 Å². The van der Waals surface area contributed by atoms with Gasteiger partial charge in [0.1, 0.15) is 0 Å². The predicted octanol–water partition coefficient (Wildman–Crippen LogP) is 2.79. The Balaban J connectivity index is 2.71. The minimum Gasteiger partial charge on any atom is -0.493 e. The van der Waals surface area contributed by atoms with Crippen molar-refractivity contribution < 1.29 is 14.2 Å². The van der Waals surface area contributed by atoms with E-state index in [2.05, 4.69) is 18.8 Å².